The van der Waals surface area contributed by atoms with Gasteiger partial charge < -0.3 is 0 Å². The third-order valence-electron chi connectivity index (χ3n) is 2.73. The Morgan fingerprint density at radius 1 is 1.06 bits per heavy atom. The van der Waals surface area contributed by atoms with Crippen LogP contribution in [0.1, 0.15) is 26.3 Å². The molecule has 2 rings (SSSR count). The van der Waals surface area contributed by atoms with Gasteiger partial charge in [-0.2, -0.15) is 0 Å². The summed E-state index contributed by atoms with van der Waals surface area (Å²) in [5, 5.41) is 0.632. The molecule has 0 saturated heterocycles. The lowest BCUT2D eigenvalue weighted by molar-refractivity contribution is 0.0991. The van der Waals surface area contributed by atoms with Crippen molar-refractivity contribution in [2.45, 2.75) is 11.8 Å². The van der Waals surface area contributed by atoms with Crippen molar-refractivity contribution in [1.29, 1.82) is 0 Å². The Balaban J connectivity index is 2.23. The SMILES string of the molecule is Cc1ccc([C@H](Br)C(=O)c2ccc(Cl)cc2)cc1. The fourth-order valence-corrected chi connectivity index (χ4v) is 2.34. The van der Waals surface area contributed by atoms with E-state index in [1.165, 1.54) is 5.56 Å². The standard InChI is InChI=1S/C15H12BrClO/c1-10-2-4-11(5-3-10)14(16)15(18)12-6-8-13(17)9-7-12/h2-9,14H,1H3/t14-/m0/s1. The van der Waals surface area contributed by atoms with E-state index < -0.39 is 0 Å². The highest BCUT2D eigenvalue weighted by atomic mass is 79.9. The number of Topliss-reactive ketones (excluding diaryl/α,β-unsaturated/α-hetero) is 1. The second-order valence-corrected chi connectivity index (χ2v) is 5.50. The number of hydrogen-bond donors (Lipinski definition) is 0. The summed E-state index contributed by atoms with van der Waals surface area (Å²) in [6, 6.07) is 14.9. The van der Waals surface area contributed by atoms with Crippen LogP contribution < -0.4 is 0 Å². The molecule has 0 spiro atoms. The van der Waals surface area contributed by atoms with Gasteiger partial charge in [-0.1, -0.05) is 57.4 Å². The number of benzene rings is 2. The van der Waals surface area contributed by atoms with Gasteiger partial charge in [0.05, 0.1) is 0 Å². The quantitative estimate of drug-likeness (QED) is 0.576. The predicted molar refractivity (Wildman–Crippen MR) is 78.6 cm³/mol. The number of hydrogen-bond acceptors (Lipinski definition) is 1. The number of ketones is 1. The fraction of sp³-hybridized carbons (Fsp3) is 0.133. The Kier molecular flexibility index (Phi) is 4.20. The minimum absolute atomic E-state index is 0.0375. The molecular formula is C15H12BrClO. The van der Waals surface area contributed by atoms with Crippen molar-refractivity contribution in [2.24, 2.45) is 0 Å². The first-order valence-corrected chi connectivity index (χ1v) is 6.88. The Morgan fingerprint density at radius 2 is 1.61 bits per heavy atom. The normalized spacial score (nSPS) is 12.2. The van der Waals surface area contributed by atoms with E-state index >= 15 is 0 Å². The molecule has 0 unspecified atom stereocenters. The van der Waals surface area contributed by atoms with E-state index in [0.717, 1.165) is 5.56 Å². The smallest absolute Gasteiger partial charge is 0.180 e. The van der Waals surface area contributed by atoms with Crippen molar-refractivity contribution in [3.63, 3.8) is 0 Å². The van der Waals surface area contributed by atoms with Crippen molar-refractivity contribution in [3.8, 4) is 0 Å². The molecule has 0 aliphatic carbocycles. The average Bonchev–Trinajstić information content (AvgIpc) is 2.39. The van der Waals surface area contributed by atoms with Crippen LogP contribution in [0.15, 0.2) is 48.5 Å². The number of rotatable bonds is 3. The van der Waals surface area contributed by atoms with Crippen molar-refractivity contribution in [1.82, 2.24) is 0 Å². The predicted octanol–water partition coefficient (Wildman–Crippen LogP) is 4.97. The van der Waals surface area contributed by atoms with E-state index in [9.17, 15) is 4.79 Å². The molecule has 0 bridgehead atoms. The molecule has 1 nitrogen and oxygen atoms in total. The van der Waals surface area contributed by atoms with Gasteiger partial charge in [-0.05, 0) is 36.8 Å². The molecule has 0 saturated carbocycles. The fourth-order valence-electron chi connectivity index (χ4n) is 1.65. The maximum atomic E-state index is 12.3. The van der Waals surface area contributed by atoms with Crippen LogP contribution in [0.3, 0.4) is 0 Å². The highest BCUT2D eigenvalue weighted by Crippen LogP contribution is 2.27. The van der Waals surface area contributed by atoms with Crippen LogP contribution >= 0.6 is 27.5 Å². The average molecular weight is 324 g/mol. The summed E-state index contributed by atoms with van der Waals surface area (Å²) in [7, 11) is 0. The molecule has 1 atom stereocenters. The molecule has 2 aromatic carbocycles. The van der Waals surface area contributed by atoms with Gasteiger partial charge in [-0.15, -0.1) is 0 Å². The van der Waals surface area contributed by atoms with E-state index in [4.69, 9.17) is 11.6 Å². The van der Waals surface area contributed by atoms with Crippen molar-refractivity contribution in [2.75, 3.05) is 0 Å². The van der Waals surface area contributed by atoms with Crippen LogP contribution in [0, 0.1) is 6.92 Å². The third kappa shape index (κ3) is 3.01. The number of alkyl halides is 1. The van der Waals surface area contributed by atoms with Gasteiger partial charge in [-0.25, -0.2) is 0 Å². The van der Waals surface area contributed by atoms with Gasteiger partial charge in [0.15, 0.2) is 5.78 Å². The molecule has 0 heterocycles. The largest absolute Gasteiger partial charge is 0.293 e. The van der Waals surface area contributed by atoms with E-state index in [-0.39, 0.29) is 10.6 Å². The van der Waals surface area contributed by atoms with Gasteiger partial charge in [0, 0.05) is 10.6 Å². The maximum absolute atomic E-state index is 12.3. The third-order valence-corrected chi connectivity index (χ3v) is 3.93. The van der Waals surface area contributed by atoms with E-state index in [0.29, 0.717) is 10.6 Å². The number of carbonyl (C=O) groups is 1. The highest BCUT2D eigenvalue weighted by molar-refractivity contribution is 9.09. The van der Waals surface area contributed by atoms with E-state index in [1.807, 2.05) is 31.2 Å². The van der Waals surface area contributed by atoms with Gasteiger partial charge >= 0.3 is 0 Å². The van der Waals surface area contributed by atoms with Crippen LogP contribution in [-0.4, -0.2) is 5.78 Å². The zero-order valence-corrected chi connectivity index (χ0v) is 12.2. The minimum Gasteiger partial charge on any atom is -0.293 e. The summed E-state index contributed by atoms with van der Waals surface area (Å²) >= 11 is 9.26. The molecule has 18 heavy (non-hydrogen) atoms. The van der Waals surface area contributed by atoms with Crippen LogP contribution in [-0.2, 0) is 0 Å². The van der Waals surface area contributed by atoms with Gasteiger partial charge in [0.25, 0.3) is 0 Å². The number of aryl methyl sites for hydroxylation is 1. The molecule has 0 radical (unpaired) electrons. The van der Waals surface area contributed by atoms with Crippen LogP contribution in [0.5, 0.6) is 0 Å². The Hall–Kier alpha value is -1.12. The zero-order valence-electron chi connectivity index (χ0n) is 9.86. The molecule has 0 fully saturated rings. The lowest BCUT2D eigenvalue weighted by atomic mass is 10.0. The Morgan fingerprint density at radius 3 is 2.17 bits per heavy atom. The van der Waals surface area contributed by atoms with Crippen LogP contribution in [0.2, 0.25) is 5.02 Å². The van der Waals surface area contributed by atoms with Crippen LogP contribution in [0.25, 0.3) is 0 Å². The summed E-state index contributed by atoms with van der Waals surface area (Å²) < 4.78 is 0. The summed E-state index contributed by atoms with van der Waals surface area (Å²) in [6.07, 6.45) is 0. The highest BCUT2D eigenvalue weighted by Gasteiger charge is 2.18. The van der Waals surface area contributed by atoms with Crippen molar-refractivity contribution in [3.05, 3.63) is 70.2 Å². The first-order chi connectivity index (χ1) is 8.58. The van der Waals surface area contributed by atoms with Gasteiger partial charge in [0.1, 0.15) is 4.83 Å². The lowest BCUT2D eigenvalue weighted by Crippen LogP contribution is -2.06. The lowest BCUT2D eigenvalue weighted by Gasteiger charge is -2.09. The van der Waals surface area contributed by atoms with E-state index in [1.54, 1.807) is 24.3 Å². The molecule has 0 aliphatic rings. The van der Waals surface area contributed by atoms with E-state index in [2.05, 4.69) is 15.9 Å². The second kappa shape index (κ2) is 5.68. The first-order valence-electron chi connectivity index (χ1n) is 5.58. The molecule has 2 aromatic rings. The number of halogens is 2. The molecule has 0 aromatic heterocycles. The van der Waals surface area contributed by atoms with Gasteiger partial charge in [0.2, 0.25) is 0 Å². The van der Waals surface area contributed by atoms with Crippen molar-refractivity contribution >= 4 is 33.3 Å². The summed E-state index contributed by atoms with van der Waals surface area (Å²) in [5.41, 5.74) is 2.79. The molecule has 0 N–H and O–H groups in total. The summed E-state index contributed by atoms with van der Waals surface area (Å²) in [5.74, 6) is 0.0375. The van der Waals surface area contributed by atoms with Crippen LogP contribution in [0.4, 0.5) is 0 Å². The summed E-state index contributed by atoms with van der Waals surface area (Å²) in [4.78, 5) is 11.9. The number of carbonyl (C=O) groups excluding carboxylic acids is 1. The maximum Gasteiger partial charge on any atom is 0.180 e. The Bertz CT molecular complexity index is 546. The second-order valence-electron chi connectivity index (χ2n) is 4.14. The monoisotopic (exact) mass is 322 g/mol. The zero-order chi connectivity index (χ0) is 13.1. The Labute approximate surface area is 120 Å². The topological polar surface area (TPSA) is 17.1 Å². The first kappa shape index (κ1) is 13.3. The molecule has 92 valence electrons. The summed E-state index contributed by atoms with van der Waals surface area (Å²) in [6.45, 7) is 2.02. The molecule has 3 heteroatoms. The van der Waals surface area contributed by atoms with Crippen molar-refractivity contribution < 1.29 is 4.79 Å². The minimum atomic E-state index is -0.320. The molecular weight excluding hydrogens is 312 g/mol. The molecule has 0 aliphatic heterocycles. The van der Waals surface area contributed by atoms with Gasteiger partial charge in [-0.3, -0.25) is 4.79 Å². The molecule has 0 amide bonds.